The number of piperidine rings is 1. The van der Waals surface area contributed by atoms with Crippen molar-refractivity contribution in [2.45, 2.75) is 45.3 Å². The molecule has 9 heteroatoms. The number of β-lactam (4-membered cyclic amide) rings is 1. The largest absolute Gasteiger partial charge is 0.444 e. The van der Waals surface area contributed by atoms with Crippen molar-refractivity contribution < 1.29 is 18.7 Å². The van der Waals surface area contributed by atoms with Gasteiger partial charge in [0, 0.05) is 29.4 Å². The average molecular weight is 525 g/mol. The molecule has 0 saturated carbocycles. The molecule has 1 aromatic carbocycles. The molecule has 2 aromatic rings. The molecular formula is C23H24BrClFN3O3. The number of hydrogen-bond donors (Lipinski definition) is 0. The van der Waals surface area contributed by atoms with Gasteiger partial charge in [0.15, 0.2) is 0 Å². The van der Waals surface area contributed by atoms with Crippen LogP contribution in [0.25, 0.3) is 0 Å². The quantitative estimate of drug-likeness (QED) is 0.470. The van der Waals surface area contributed by atoms with Crippen molar-refractivity contribution in [3.63, 3.8) is 0 Å². The van der Waals surface area contributed by atoms with E-state index in [-0.39, 0.29) is 23.1 Å². The average Bonchev–Trinajstić information content (AvgIpc) is 2.73. The Morgan fingerprint density at radius 3 is 2.50 bits per heavy atom. The molecule has 0 N–H and O–H groups in total. The molecule has 0 aliphatic carbocycles. The fraction of sp³-hybridized carbons (Fsp3) is 0.435. The van der Waals surface area contributed by atoms with Crippen LogP contribution in [0.1, 0.15) is 45.3 Å². The highest BCUT2D eigenvalue weighted by Crippen LogP contribution is 2.57. The fourth-order valence-corrected chi connectivity index (χ4v) is 4.83. The number of aromatic nitrogens is 1. The molecule has 2 amide bonds. The number of pyridine rings is 1. The van der Waals surface area contributed by atoms with Gasteiger partial charge in [-0.2, -0.15) is 0 Å². The summed E-state index contributed by atoms with van der Waals surface area (Å²) in [6.07, 6.45) is 2.29. The minimum atomic E-state index is -0.694. The SMILES string of the molecule is CC(C)(C)OC(=O)N1CCC2(CC1)C(=O)N(c1ccc(F)c(Cl)c1)C2c1ccc(Br)cn1. The van der Waals surface area contributed by atoms with Crippen molar-refractivity contribution in [3.8, 4) is 0 Å². The Balaban J connectivity index is 1.63. The van der Waals surface area contributed by atoms with Crippen LogP contribution in [0.3, 0.4) is 0 Å². The lowest BCUT2D eigenvalue weighted by Gasteiger charge is -2.58. The Hall–Kier alpha value is -2.19. The minimum absolute atomic E-state index is 0.0430. The molecule has 1 spiro atoms. The van der Waals surface area contributed by atoms with E-state index in [9.17, 15) is 14.0 Å². The van der Waals surface area contributed by atoms with Crippen molar-refractivity contribution in [1.82, 2.24) is 9.88 Å². The molecule has 2 aliphatic rings. The second-order valence-corrected chi connectivity index (χ2v) is 10.5. The molecule has 170 valence electrons. The monoisotopic (exact) mass is 523 g/mol. The van der Waals surface area contributed by atoms with Crippen molar-refractivity contribution in [1.29, 1.82) is 0 Å². The summed E-state index contributed by atoms with van der Waals surface area (Å²) in [6.45, 7) is 6.30. The van der Waals surface area contributed by atoms with Crippen molar-refractivity contribution in [2.75, 3.05) is 18.0 Å². The number of amides is 2. The van der Waals surface area contributed by atoms with Crippen LogP contribution < -0.4 is 4.90 Å². The van der Waals surface area contributed by atoms with Crippen molar-refractivity contribution in [3.05, 3.63) is 57.5 Å². The van der Waals surface area contributed by atoms with E-state index in [1.54, 1.807) is 22.1 Å². The molecule has 32 heavy (non-hydrogen) atoms. The van der Waals surface area contributed by atoms with Crippen LogP contribution in [0, 0.1) is 11.2 Å². The van der Waals surface area contributed by atoms with Gasteiger partial charge >= 0.3 is 6.09 Å². The lowest BCUT2D eigenvalue weighted by atomic mass is 9.63. The van der Waals surface area contributed by atoms with Gasteiger partial charge in [0.1, 0.15) is 11.4 Å². The van der Waals surface area contributed by atoms with Crippen LogP contribution in [0.2, 0.25) is 5.02 Å². The highest BCUT2D eigenvalue weighted by atomic mass is 79.9. The molecule has 4 rings (SSSR count). The van der Waals surface area contributed by atoms with Crippen LogP contribution in [-0.2, 0) is 9.53 Å². The normalized spacial score (nSPS) is 20.3. The topological polar surface area (TPSA) is 62.7 Å². The summed E-state index contributed by atoms with van der Waals surface area (Å²) in [5.74, 6) is -0.610. The predicted molar refractivity (Wildman–Crippen MR) is 123 cm³/mol. The Kier molecular flexibility index (Phi) is 5.96. The molecule has 6 nitrogen and oxygen atoms in total. The first kappa shape index (κ1) is 23.0. The van der Waals surface area contributed by atoms with E-state index in [1.807, 2.05) is 32.9 Å². The zero-order chi connectivity index (χ0) is 23.3. The van der Waals surface area contributed by atoms with E-state index in [2.05, 4.69) is 20.9 Å². The Morgan fingerprint density at radius 1 is 1.25 bits per heavy atom. The number of benzene rings is 1. The maximum atomic E-state index is 13.7. The third-order valence-corrected chi connectivity index (χ3v) is 6.70. The molecule has 0 bridgehead atoms. The Labute approximate surface area is 199 Å². The van der Waals surface area contributed by atoms with E-state index in [0.29, 0.717) is 31.6 Å². The number of rotatable bonds is 2. The summed E-state index contributed by atoms with van der Waals surface area (Å²) in [6, 6.07) is 7.68. The van der Waals surface area contributed by atoms with Gasteiger partial charge in [-0.1, -0.05) is 11.6 Å². The highest BCUT2D eigenvalue weighted by molar-refractivity contribution is 9.10. The van der Waals surface area contributed by atoms with E-state index in [1.165, 1.54) is 12.1 Å². The van der Waals surface area contributed by atoms with E-state index in [4.69, 9.17) is 16.3 Å². The Morgan fingerprint density at radius 2 is 1.94 bits per heavy atom. The molecule has 2 fully saturated rings. The Bertz CT molecular complexity index is 1050. The number of carbonyl (C=O) groups excluding carboxylic acids is 2. The van der Waals surface area contributed by atoms with Crippen LogP contribution in [0.15, 0.2) is 41.0 Å². The molecule has 0 radical (unpaired) electrons. The number of hydrogen-bond acceptors (Lipinski definition) is 4. The van der Waals surface area contributed by atoms with Gasteiger partial charge in [0.05, 0.1) is 22.2 Å². The zero-order valence-corrected chi connectivity index (χ0v) is 20.4. The van der Waals surface area contributed by atoms with Gasteiger partial charge in [-0.05, 0) is 79.9 Å². The first-order valence-corrected chi connectivity index (χ1v) is 11.6. The minimum Gasteiger partial charge on any atom is -0.444 e. The summed E-state index contributed by atoms with van der Waals surface area (Å²) in [7, 11) is 0. The molecule has 1 aromatic heterocycles. The second kappa shape index (κ2) is 8.30. The summed E-state index contributed by atoms with van der Waals surface area (Å²) >= 11 is 9.39. The van der Waals surface area contributed by atoms with Crippen LogP contribution in [-0.4, -0.2) is 40.6 Å². The van der Waals surface area contributed by atoms with Crippen LogP contribution in [0.4, 0.5) is 14.9 Å². The van der Waals surface area contributed by atoms with Crippen molar-refractivity contribution in [2.24, 2.45) is 5.41 Å². The molecule has 3 heterocycles. The van der Waals surface area contributed by atoms with Gasteiger partial charge in [-0.25, -0.2) is 9.18 Å². The van der Waals surface area contributed by atoms with E-state index < -0.39 is 16.8 Å². The predicted octanol–water partition coefficient (Wildman–Crippen LogP) is 5.74. The van der Waals surface area contributed by atoms with Gasteiger partial charge in [0.2, 0.25) is 5.91 Å². The number of carbonyl (C=O) groups is 2. The lowest BCUT2D eigenvalue weighted by Crippen LogP contribution is -2.67. The summed E-state index contributed by atoms with van der Waals surface area (Å²) in [5, 5.41) is -0.0430. The van der Waals surface area contributed by atoms with Gasteiger partial charge in [-0.3, -0.25) is 9.78 Å². The smallest absolute Gasteiger partial charge is 0.410 e. The molecule has 2 saturated heterocycles. The zero-order valence-electron chi connectivity index (χ0n) is 18.1. The second-order valence-electron chi connectivity index (χ2n) is 9.20. The fourth-order valence-electron chi connectivity index (χ4n) is 4.42. The first-order valence-electron chi connectivity index (χ1n) is 10.4. The molecular weight excluding hydrogens is 501 g/mol. The van der Waals surface area contributed by atoms with E-state index >= 15 is 0 Å². The first-order chi connectivity index (χ1) is 15.0. The number of halogens is 3. The third kappa shape index (κ3) is 4.10. The van der Waals surface area contributed by atoms with Gasteiger partial charge < -0.3 is 14.5 Å². The number of likely N-dealkylation sites (tertiary alicyclic amines) is 1. The number of ether oxygens (including phenoxy) is 1. The third-order valence-electron chi connectivity index (χ3n) is 5.95. The lowest BCUT2D eigenvalue weighted by molar-refractivity contribution is -0.145. The maximum absolute atomic E-state index is 13.7. The van der Waals surface area contributed by atoms with Crippen LogP contribution in [0.5, 0.6) is 0 Å². The summed E-state index contributed by atoms with van der Waals surface area (Å²) in [5.41, 5.74) is -0.0170. The molecule has 1 unspecified atom stereocenters. The maximum Gasteiger partial charge on any atom is 0.410 e. The highest BCUT2D eigenvalue weighted by Gasteiger charge is 2.63. The van der Waals surface area contributed by atoms with Gasteiger partial charge in [0.25, 0.3) is 0 Å². The molecule has 2 aliphatic heterocycles. The standard InChI is InChI=1S/C23H24BrClFN3O3/c1-22(2,3)32-21(31)28-10-8-23(9-11-28)19(18-7-4-14(24)13-27-18)29(20(23)30)15-5-6-17(26)16(25)12-15/h4-7,12-13,19H,8-11H2,1-3H3. The summed E-state index contributed by atoms with van der Waals surface area (Å²) < 4.78 is 20.0. The molecule has 1 atom stereocenters. The number of anilines is 1. The van der Waals surface area contributed by atoms with Crippen LogP contribution >= 0.6 is 27.5 Å². The van der Waals surface area contributed by atoms with E-state index in [0.717, 1.165) is 10.2 Å². The number of nitrogens with zero attached hydrogens (tertiary/aromatic N) is 3. The summed E-state index contributed by atoms with van der Waals surface area (Å²) in [4.78, 5) is 33.8. The van der Waals surface area contributed by atoms with Crippen molar-refractivity contribution >= 4 is 45.2 Å². The van der Waals surface area contributed by atoms with Gasteiger partial charge in [-0.15, -0.1) is 0 Å².